The predicted molar refractivity (Wildman–Crippen MR) is 182 cm³/mol. The van der Waals surface area contributed by atoms with E-state index in [1.807, 2.05) is 47.2 Å². The molecule has 6 rings (SSSR count). The quantitative estimate of drug-likeness (QED) is 0.242. The number of carbonyl (C=O) groups excluding carboxylic acids is 3. The molecule has 1 aromatic heterocycles. The lowest BCUT2D eigenvalue weighted by Gasteiger charge is -2.35. The number of aromatic nitrogens is 3. The number of likely N-dealkylation sites (N-methyl/N-ethyl adjacent to an activating group) is 1. The minimum absolute atomic E-state index is 0.0147. The fourth-order valence-corrected chi connectivity index (χ4v) is 6.22. The molecule has 11 nitrogen and oxygen atoms in total. The van der Waals surface area contributed by atoms with Gasteiger partial charge in [0.25, 0.3) is 5.91 Å². The first-order valence-corrected chi connectivity index (χ1v) is 16.6. The summed E-state index contributed by atoms with van der Waals surface area (Å²) in [5.74, 6) is -0.191. The van der Waals surface area contributed by atoms with Gasteiger partial charge in [0, 0.05) is 50.2 Å². The number of piperazine rings is 1. The maximum atomic E-state index is 13.8. The van der Waals surface area contributed by atoms with Gasteiger partial charge in [0.15, 0.2) is 0 Å². The summed E-state index contributed by atoms with van der Waals surface area (Å²) in [7, 11) is 2.04. The van der Waals surface area contributed by atoms with E-state index in [1.54, 1.807) is 41.3 Å². The van der Waals surface area contributed by atoms with E-state index in [0.29, 0.717) is 38.0 Å². The topological polar surface area (TPSA) is 113 Å². The molecule has 1 aliphatic heterocycles. The van der Waals surface area contributed by atoms with Crippen LogP contribution in [0.15, 0.2) is 91.3 Å². The van der Waals surface area contributed by atoms with Crippen molar-refractivity contribution in [2.45, 2.75) is 50.8 Å². The molecule has 0 bridgehead atoms. The van der Waals surface area contributed by atoms with Gasteiger partial charge in [-0.15, -0.1) is 5.10 Å². The van der Waals surface area contributed by atoms with Crippen molar-refractivity contribution in [1.82, 2.24) is 35.0 Å². The number of rotatable bonds is 12. The first-order valence-electron chi connectivity index (χ1n) is 16.6. The third-order valence-electron chi connectivity index (χ3n) is 9.23. The number of hydrogen-bond donors (Lipinski definition) is 1. The van der Waals surface area contributed by atoms with Crippen LogP contribution in [0.4, 0.5) is 4.79 Å². The minimum atomic E-state index is -0.731. The fourth-order valence-electron chi connectivity index (χ4n) is 6.22. The van der Waals surface area contributed by atoms with Crippen molar-refractivity contribution < 1.29 is 19.1 Å². The average Bonchev–Trinajstić information content (AvgIpc) is 3.70. The van der Waals surface area contributed by atoms with Crippen LogP contribution in [0.5, 0.6) is 0 Å². The molecule has 1 aliphatic carbocycles. The van der Waals surface area contributed by atoms with Gasteiger partial charge in [-0.3, -0.25) is 9.59 Å². The number of nitrogens with one attached hydrogen (secondary N) is 1. The van der Waals surface area contributed by atoms with E-state index in [4.69, 9.17) is 4.74 Å². The smallest absolute Gasteiger partial charge is 0.410 e. The minimum Gasteiger partial charge on any atom is -0.445 e. The van der Waals surface area contributed by atoms with Gasteiger partial charge in [0.2, 0.25) is 5.91 Å². The Balaban J connectivity index is 1.14. The zero-order chi connectivity index (χ0) is 33.5. The Kier molecular flexibility index (Phi) is 10.4. The SMILES string of the molecule is Cc1ccc([C@@H]2C[C@H]2N(CCC[C@H](NC(=O)c2ccc(-n3ccnn3)cc2)C(=O)N2CCN(C)CC2)C(=O)OCc2ccccc2)cc1. The van der Waals surface area contributed by atoms with Gasteiger partial charge in [-0.2, -0.15) is 0 Å². The summed E-state index contributed by atoms with van der Waals surface area (Å²) < 4.78 is 7.40. The van der Waals surface area contributed by atoms with Crippen molar-refractivity contribution in [3.05, 3.63) is 114 Å². The van der Waals surface area contributed by atoms with Crippen LogP contribution in [0.2, 0.25) is 0 Å². The monoisotopic (exact) mass is 649 g/mol. The number of amides is 3. The van der Waals surface area contributed by atoms with Crippen molar-refractivity contribution in [3.8, 4) is 5.69 Å². The molecule has 250 valence electrons. The second-order valence-electron chi connectivity index (χ2n) is 12.7. The van der Waals surface area contributed by atoms with Gasteiger partial charge in [0.1, 0.15) is 12.6 Å². The lowest BCUT2D eigenvalue weighted by molar-refractivity contribution is -0.135. The number of carbonyl (C=O) groups is 3. The maximum Gasteiger partial charge on any atom is 0.410 e. The molecular weight excluding hydrogens is 606 g/mol. The lowest BCUT2D eigenvalue weighted by atomic mass is 10.1. The van der Waals surface area contributed by atoms with Crippen LogP contribution >= 0.6 is 0 Å². The largest absolute Gasteiger partial charge is 0.445 e. The maximum absolute atomic E-state index is 13.8. The standard InChI is InChI=1S/C37H43N7O4/c1-27-10-12-29(13-11-27)32-25-34(32)43(37(47)48-26-28-7-4-3-5-8-28)19-6-9-33(36(46)42-23-21-41(2)22-24-42)39-35(45)30-14-16-31(17-15-30)44-20-18-38-40-44/h3-5,7-8,10-18,20,32-34H,6,9,19,21-26H2,1-2H3,(H,39,45)/t32-,33-,34+/m0/s1. The van der Waals surface area contributed by atoms with Gasteiger partial charge < -0.3 is 24.8 Å². The van der Waals surface area contributed by atoms with E-state index in [-0.39, 0.29) is 36.5 Å². The predicted octanol–water partition coefficient (Wildman–Crippen LogP) is 4.42. The highest BCUT2D eigenvalue weighted by Crippen LogP contribution is 2.45. The molecule has 11 heteroatoms. The van der Waals surface area contributed by atoms with E-state index in [9.17, 15) is 14.4 Å². The summed E-state index contributed by atoms with van der Waals surface area (Å²) in [6, 6.07) is 24.4. The third kappa shape index (κ3) is 8.27. The summed E-state index contributed by atoms with van der Waals surface area (Å²) >= 11 is 0. The molecule has 2 heterocycles. The first kappa shape index (κ1) is 32.9. The molecule has 4 aromatic rings. The van der Waals surface area contributed by atoms with Crippen molar-refractivity contribution in [1.29, 1.82) is 0 Å². The van der Waals surface area contributed by atoms with Crippen LogP contribution in [0.25, 0.3) is 5.69 Å². The summed E-state index contributed by atoms with van der Waals surface area (Å²) in [4.78, 5) is 46.7. The highest BCUT2D eigenvalue weighted by atomic mass is 16.6. The van der Waals surface area contributed by atoms with E-state index >= 15 is 0 Å². The average molecular weight is 650 g/mol. The van der Waals surface area contributed by atoms with Crippen LogP contribution < -0.4 is 5.32 Å². The van der Waals surface area contributed by atoms with Crippen LogP contribution in [-0.4, -0.2) is 99.5 Å². The van der Waals surface area contributed by atoms with E-state index < -0.39 is 6.04 Å². The van der Waals surface area contributed by atoms with Crippen LogP contribution in [0.1, 0.15) is 52.2 Å². The van der Waals surface area contributed by atoms with Crippen LogP contribution in [-0.2, 0) is 16.1 Å². The van der Waals surface area contributed by atoms with E-state index in [0.717, 1.165) is 30.8 Å². The Morgan fingerprint density at radius 1 is 0.958 bits per heavy atom. The molecular formula is C37H43N7O4. The molecule has 3 aromatic carbocycles. The van der Waals surface area contributed by atoms with Crippen LogP contribution in [0.3, 0.4) is 0 Å². The Hall–Kier alpha value is -5.03. The molecule has 48 heavy (non-hydrogen) atoms. The molecule has 0 unspecified atom stereocenters. The summed E-state index contributed by atoms with van der Waals surface area (Å²) in [5.41, 5.74) is 4.54. The van der Waals surface area contributed by atoms with Gasteiger partial charge in [-0.25, -0.2) is 9.48 Å². The van der Waals surface area contributed by atoms with Crippen LogP contribution in [0, 0.1) is 6.92 Å². The summed E-state index contributed by atoms with van der Waals surface area (Å²) in [6.45, 7) is 5.43. The van der Waals surface area contributed by atoms with Crippen molar-refractivity contribution in [2.24, 2.45) is 0 Å². The molecule has 1 N–H and O–H groups in total. The number of nitrogens with zero attached hydrogens (tertiary/aromatic N) is 6. The van der Waals surface area contributed by atoms with Crippen molar-refractivity contribution in [3.63, 3.8) is 0 Å². The molecule has 2 aliphatic rings. The molecule has 2 fully saturated rings. The van der Waals surface area contributed by atoms with Gasteiger partial charge in [-0.1, -0.05) is 65.4 Å². The second kappa shape index (κ2) is 15.2. The first-order chi connectivity index (χ1) is 23.4. The molecule has 0 radical (unpaired) electrons. The third-order valence-corrected chi connectivity index (χ3v) is 9.23. The molecule has 1 saturated carbocycles. The number of ether oxygens (including phenoxy) is 1. The molecule has 3 atom stereocenters. The Morgan fingerprint density at radius 3 is 2.38 bits per heavy atom. The number of hydrogen-bond acceptors (Lipinski definition) is 7. The fraction of sp³-hybridized carbons (Fsp3) is 0.378. The molecule has 1 saturated heterocycles. The molecule has 0 spiro atoms. The highest BCUT2D eigenvalue weighted by Gasteiger charge is 2.45. The van der Waals surface area contributed by atoms with E-state index in [2.05, 4.69) is 51.7 Å². The zero-order valence-electron chi connectivity index (χ0n) is 27.6. The summed E-state index contributed by atoms with van der Waals surface area (Å²) in [5, 5.41) is 10.8. The normalized spacial score (nSPS) is 18.2. The number of aryl methyl sites for hydroxylation is 1. The lowest BCUT2D eigenvalue weighted by Crippen LogP contribution is -2.54. The highest BCUT2D eigenvalue weighted by molar-refractivity contribution is 5.97. The van der Waals surface area contributed by atoms with Gasteiger partial charge in [-0.05, 0) is 68.6 Å². The Bertz CT molecular complexity index is 1650. The second-order valence-corrected chi connectivity index (χ2v) is 12.7. The Labute approximate surface area is 281 Å². The number of benzene rings is 3. The Morgan fingerprint density at radius 2 is 1.69 bits per heavy atom. The van der Waals surface area contributed by atoms with Gasteiger partial charge >= 0.3 is 6.09 Å². The van der Waals surface area contributed by atoms with Crippen molar-refractivity contribution in [2.75, 3.05) is 39.8 Å². The summed E-state index contributed by atoms with van der Waals surface area (Å²) in [6.07, 6.45) is 4.72. The molecule has 3 amide bonds. The van der Waals surface area contributed by atoms with Crippen molar-refractivity contribution >= 4 is 17.9 Å². The van der Waals surface area contributed by atoms with Gasteiger partial charge in [0.05, 0.1) is 18.1 Å². The van der Waals surface area contributed by atoms with E-state index in [1.165, 1.54) is 11.1 Å². The zero-order valence-corrected chi connectivity index (χ0v) is 27.6.